The lowest BCUT2D eigenvalue weighted by Crippen LogP contribution is -2.45. The van der Waals surface area contributed by atoms with Crippen LogP contribution in [0.1, 0.15) is 46.0 Å². The summed E-state index contributed by atoms with van der Waals surface area (Å²) >= 11 is 1.92. The predicted molar refractivity (Wildman–Crippen MR) is 77.2 cm³/mol. The lowest BCUT2D eigenvalue weighted by molar-refractivity contribution is 0.177. The average Bonchev–Trinajstić information content (AvgIpc) is 2.92. The van der Waals surface area contributed by atoms with E-state index in [1.807, 2.05) is 11.8 Å². The number of hydrogen-bond acceptors (Lipinski definition) is 4. The number of ether oxygens (including phenoxy) is 1. The third kappa shape index (κ3) is 2.55. The molecule has 2 fully saturated rings. The van der Waals surface area contributed by atoms with Crippen LogP contribution in [-0.2, 0) is 4.74 Å². The number of nitrogens with zero attached hydrogens (tertiary/aromatic N) is 1. The molecule has 0 aromatic carbocycles. The molecule has 0 amide bonds. The van der Waals surface area contributed by atoms with Gasteiger partial charge in [-0.1, -0.05) is 18.7 Å². The van der Waals surface area contributed by atoms with Crippen molar-refractivity contribution in [3.05, 3.63) is 0 Å². The Kier molecular flexibility index (Phi) is 3.35. The fourth-order valence-corrected chi connectivity index (χ4v) is 4.46. The molecule has 1 N–H and O–H groups in total. The van der Waals surface area contributed by atoms with Crippen LogP contribution >= 0.6 is 11.8 Å². The summed E-state index contributed by atoms with van der Waals surface area (Å²) in [4.78, 5) is 5.04. The van der Waals surface area contributed by atoms with Crippen molar-refractivity contribution in [2.45, 2.75) is 57.0 Å². The second kappa shape index (κ2) is 4.71. The van der Waals surface area contributed by atoms with Crippen LogP contribution in [-0.4, -0.2) is 35.2 Å². The molecule has 1 spiro atoms. The van der Waals surface area contributed by atoms with Crippen molar-refractivity contribution < 1.29 is 4.74 Å². The molecule has 0 radical (unpaired) electrons. The van der Waals surface area contributed by atoms with E-state index >= 15 is 0 Å². The maximum absolute atomic E-state index is 5.49. The van der Waals surface area contributed by atoms with Crippen molar-refractivity contribution in [1.29, 1.82) is 0 Å². The van der Waals surface area contributed by atoms with E-state index in [1.54, 1.807) is 0 Å². The normalized spacial score (nSPS) is 44.3. The molecule has 2 aliphatic heterocycles. The highest BCUT2D eigenvalue weighted by molar-refractivity contribution is 8.14. The molecule has 4 heteroatoms. The lowest BCUT2D eigenvalue weighted by atomic mass is 9.79. The smallest absolute Gasteiger partial charge is 0.157 e. The summed E-state index contributed by atoms with van der Waals surface area (Å²) in [6, 6.07) is 0. The molecule has 3 nitrogen and oxygen atoms in total. The maximum Gasteiger partial charge on any atom is 0.157 e. The third-order valence-electron chi connectivity index (χ3n) is 4.65. The van der Waals surface area contributed by atoms with Crippen LogP contribution in [0.4, 0.5) is 0 Å². The second-order valence-electron chi connectivity index (χ2n) is 6.60. The van der Waals surface area contributed by atoms with Gasteiger partial charge in [0.25, 0.3) is 0 Å². The Balaban J connectivity index is 1.64. The minimum atomic E-state index is 0.110. The van der Waals surface area contributed by atoms with Gasteiger partial charge < -0.3 is 10.1 Å². The zero-order valence-electron chi connectivity index (χ0n) is 11.5. The fraction of sp³-hybridized carbons (Fsp3) is 0.929. The summed E-state index contributed by atoms with van der Waals surface area (Å²) in [6.07, 6.45) is 6.34. The summed E-state index contributed by atoms with van der Waals surface area (Å²) < 4.78 is 5.49. The molecule has 1 unspecified atom stereocenters. The minimum absolute atomic E-state index is 0.110. The van der Waals surface area contributed by atoms with E-state index in [4.69, 9.17) is 9.73 Å². The van der Waals surface area contributed by atoms with Gasteiger partial charge in [0.05, 0.1) is 17.7 Å². The van der Waals surface area contributed by atoms with Gasteiger partial charge in [-0.3, -0.25) is 4.99 Å². The molecule has 1 saturated heterocycles. The van der Waals surface area contributed by atoms with E-state index in [1.165, 1.54) is 31.4 Å². The van der Waals surface area contributed by atoms with Gasteiger partial charge >= 0.3 is 0 Å². The van der Waals surface area contributed by atoms with Gasteiger partial charge in [-0.15, -0.1) is 0 Å². The molecule has 0 bridgehead atoms. The molecule has 0 aromatic rings. The first-order valence-corrected chi connectivity index (χ1v) is 8.16. The Bertz CT molecular complexity index is 342. The van der Waals surface area contributed by atoms with E-state index < -0.39 is 0 Å². The highest BCUT2D eigenvalue weighted by Gasteiger charge is 2.40. The zero-order valence-corrected chi connectivity index (χ0v) is 12.3. The predicted octanol–water partition coefficient (Wildman–Crippen LogP) is 2.81. The van der Waals surface area contributed by atoms with Gasteiger partial charge in [-0.25, -0.2) is 0 Å². The molecular formula is C14H24N2OS. The summed E-state index contributed by atoms with van der Waals surface area (Å²) in [7, 11) is 0. The van der Waals surface area contributed by atoms with Gasteiger partial charge in [0.1, 0.15) is 0 Å². The van der Waals surface area contributed by atoms with E-state index in [9.17, 15) is 0 Å². The Morgan fingerprint density at radius 3 is 2.78 bits per heavy atom. The van der Waals surface area contributed by atoms with E-state index in [0.29, 0.717) is 0 Å². The summed E-state index contributed by atoms with van der Waals surface area (Å²) in [5.74, 6) is 2.08. The molecular weight excluding hydrogens is 244 g/mol. The largest absolute Gasteiger partial charge is 0.379 e. The molecule has 0 aromatic heterocycles. The van der Waals surface area contributed by atoms with E-state index in [-0.39, 0.29) is 11.1 Å². The Morgan fingerprint density at radius 2 is 2.11 bits per heavy atom. The van der Waals surface area contributed by atoms with Crippen LogP contribution in [0.25, 0.3) is 0 Å². The van der Waals surface area contributed by atoms with Crippen LogP contribution in [0.15, 0.2) is 4.99 Å². The molecule has 3 rings (SSSR count). The third-order valence-corrected chi connectivity index (χ3v) is 5.80. The summed E-state index contributed by atoms with van der Waals surface area (Å²) in [6.45, 7) is 6.31. The number of hydrogen-bond donors (Lipinski definition) is 1. The van der Waals surface area contributed by atoms with Gasteiger partial charge in [0.2, 0.25) is 0 Å². The van der Waals surface area contributed by atoms with Crippen LogP contribution < -0.4 is 5.32 Å². The Labute approximate surface area is 114 Å². The first kappa shape index (κ1) is 12.8. The van der Waals surface area contributed by atoms with Gasteiger partial charge in [0.15, 0.2) is 5.17 Å². The number of thioether (sulfide) groups is 1. The molecule has 1 saturated carbocycles. The highest BCUT2D eigenvalue weighted by Crippen LogP contribution is 2.41. The second-order valence-corrected chi connectivity index (χ2v) is 7.56. The monoisotopic (exact) mass is 268 g/mol. The van der Waals surface area contributed by atoms with Crippen molar-refractivity contribution in [2.24, 2.45) is 10.9 Å². The van der Waals surface area contributed by atoms with Gasteiger partial charge in [-0.05, 0) is 44.9 Å². The van der Waals surface area contributed by atoms with E-state index in [0.717, 1.165) is 30.7 Å². The standard InChI is InChI=1S/C14H24N2OS/c1-11-3-5-14(6-4-11)10-18-12(16-14)15-13(2)7-8-17-9-13/h11H,3-10H2,1-2H3,(H,15,16). The van der Waals surface area contributed by atoms with Gasteiger partial charge in [0, 0.05) is 12.4 Å². The minimum Gasteiger partial charge on any atom is -0.379 e. The van der Waals surface area contributed by atoms with E-state index in [2.05, 4.69) is 19.2 Å². The molecule has 3 aliphatic rings. The highest BCUT2D eigenvalue weighted by atomic mass is 32.2. The maximum atomic E-state index is 5.49. The number of amidine groups is 1. The van der Waals surface area contributed by atoms with Crippen LogP contribution in [0.2, 0.25) is 0 Å². The number of aliphatic imine (C=N–C) groups is 1. The van der Waals surface area contributed by atoms with Crippen LogP contribution in [0.5, 0.6) is 0 Å². The topological polar surface area (TPSA) is 33.6 Å². The quantitative estimate of drug-likeness (QED) is 0.794. The molecule has 1 aliphatic carbocycles. The molecule has 18 heavy (non-hydrogen) atoms. The average molecular weight is 268 g/mol. The first-order chi connectivity index (χ1) is 8.59. The number of rotatable bonds is 1. The Morgan fingerprint density at radius 1 is 1.33 bits per heavy atom. The zero-order chi connectivity index (χ0) is 12.6. The number of nitrogens with one attached hydrogen (secondary N) is 1. The molecule has 102 valence electrons. The van der Waals surface area contributed by atoms with Crippen molar-refractivity contribution in [1.82, 2.24) is 5.32 Å². The summed E-state index contributed by atoms with van der Waals surface area (Å²) in [5, 5.41) is 4.79. The molecule has 1 atom stereocenters. The molecule has 2 heterocycles. The van der Waals surface area contributed by atoms with Crippen LogP contribution in [0, 0.1) is 5.92 Å². The van der Waals surface area contributed by atoms with Crippen molar-refractivity contribution in [3.8, 4) is 0 Å². The van der Waals surface area contributed by atoms with Crippen LogP contribution in [0.3, 0.4) is 0 Å². The Hall–Kier alpha value is -0.220. The SMILES string of the molecule is CC1CCC2(CC1)CSC(NC1(C)CCOC1)=N2. The van der Waals surface area contributed by atoms with Crippen molar-refractivity contribution in [3.63, 3.8) is 0 Å². The van der Waals surface area contributed by atoms with Gasteiger partial charge in [-0.2, -0.15) is 0 Å². The van der Waals surface area contributed by atoms with Crippen molar-refractivity contribution in [2.75, 3.05) is 19.0 Å². The lowest BCUT2D eigenvalue weighted by Gasteiger charge is -2.32. The summed E-state index contributed by atoms with van der Waals surface area (Å²) in [5.41, 5.74) is 0.370. The first-order valence-electron chi connectivity index (χ1n) is 7.18. The van der Waals surface area contributed by atoms with Crippen molar-refractivity contribution >= 4 is 16.9 Å². The fourth-order valence-electron chi connectivity index (χ4n) is 3.13.